The van der Waals surface area contributed by atoms with E-state index in [-0.39, 0.29) is 42.0 Å². The fourth-order valence-corrected chi connectivity index (χ4v) is 10.4. The van der Waals surface area contributed by atoms with E-state index in [4.69, 9.17) is 9.16 Å². The average Bonchev–Trinajstić information content (AvgIpc) is 2.58. The lowest BCUT2D eigenvalue weighted by Gasteiger charge is -2.44. The highest BCUT2D eigenvalue weighted by Crippen LogP contribution is 2.42. The van der Waals surface area contributed by atoms with E-state index < -0.39 is 41.7 Å². The maximum Gasteiger partial charge on any atom is 0.534 e. The van der Waals surface area contributed by atoms with Crippen molar-refractivity contribution < 1.29 is 39.7 Å². The van der Waals surface area contributed by atoms with Crippen LogP contribution in [0.4, 0.5) is 18.0 Å². The third-order valence-corrected chi connectivity index (χ3v) is 12.8. The van der Waals surface area contributed by atoms with Crippen LogP contribution in [0.3, 0.4) is 0 Å². The molecule has 0 unspecified atom stereocenters. The van der Waals surface area contributed by atoms with E-state index in [2.05, 4.69) is 45.7 Å². The molecule has 194 valence electrons. The predicted octanol–water partition coefficient (Wildman–Crippen LogP) is 5.94. The van der Waals surface area contributed by atoms with Crippen molar-refractivity contribution >= 4 is 24.5 Å². The smallest absolute Gasteiger partial charge is 0.444 e. The number of hydrogen-bond donors (Lipinski definition) is 0. The summed E-state index contributed by atoms with van der Waals surface area (Å²) < 4.78 is 77.7. The van der Waals surface area contributed by atoms with Crippen molar-refractivity contribution in [1.29, 1.82) is 0 Å². The van der Waals surface area contributed by atoms with Gasteiger partial charge in [0.25, 0.3) is 0 Å². The molecule has 1 amide bonds. The zero-order valence-electron chi connectivity index (χ0n) is 20.9. The van der Waals surface area contributed by atoms with Gasteiger partial charge in [0.15, 0.2) is 8.32 Å². The fraction of sp³-hybridized carbons (Fsp3) is 0.857. The van der Waals surface area contributed by atoms with E-state index in [9.17, 15) is 26.4 Å². The van der Waals surface area contributed by atoms with Crippen LogP contribution in [0.1, 0.15) is 68.7 Å². The average molecular weight is 518 g/mol. The molecule has 1 aliphatic heterocycles. The highest BCUT2D eigenvalue weighted by Gasteiger charge is 2.50. The highest BCUT2D eigenvalue weighted by molar-refractivity contribution is 7.87. The zero-order chi connectivity index (χ0) is 26.0. The summed E-state index contributed by atoms with van der Waals surface area (Å²) in [5.74, 6) is -0.369. The Labute approximate surface area is 196 Å². The Morgan fingerprint density at radius 1 is 1.09 bits per heavy atom. The van der Waals surface area contributed by atoms with Crippen LogP contribution in [0, 0.1) is 0 Å². The second kappa shape index (κ2) is 10.6. The molecule has 0 radical (unpaired) electrons. The summed E-state index contributed by atoms with van der Waals surface area (Å²) in [6, 6.07) is -0.838. The molecule has 0 aliphatic carbocycles. The van der Waals surface area contributed by atoms with Crippen LogP contribution < -0.4 is 0 Å². The molecule has 0 fully saturated rings. The number of halogens is 3. The van der Waals surface area contributed by atoms with Gasteiger partial charge in [-0.25, -0.2) is 4.79 Å². The van der Waals surface area contributed by atoms with E-state index in [0.29, 0.717) is 0 Å². The van der Waals surface area contributed by atoms with Crippen LogP contribution in [0.2, 0.25) is 16.6 Å². The molecule has 0 spiro atoms. The van der Waals surface area contributed by atoms with Crippen LogP contribution in [0.15, 0.2) is 11.8 Å². The van der Waals surface area contributed by atoms with Gasteiger partial charge in [-0.1, -0.05) is 41.5 Å². The lowest BCUT2D eigenvalue weighted by Crippen LogP contribution is -2.53. The van der Waals surface area contributed by atoms with Crippen molar-refractivity contribution in [3.8, 4) is 0 Å². The third-order valence-electron chi connectivity index (χ3n) is 5.72. The van der Waals surface area contributed by atoms with Gasteiger partial charge < -0.3 is 13.3 Å². The van der Waals surface area contributed by atoms with Crippen molar-refractivity contribution in [2.24, 2.45) is 0 Å². The largest absolute Gasteiger partial charge is 0.534 e. The molecule has 12 heteroatoms. The van der Waals surface area contributed by atoms with Gasteiger partial charge in [0.2, 0.25) is 0 Å². The number of ether oxygens (including phenoxy) is 1. The van der Waals surface area contributed by atoms with Crippen LogP contribution in [0.25, 0.3) is 0 Å². The standard InChI is InChI=1S/C21H38F3NO6SSi/c1-14(2)33(15(3)4,16(5)6)29-13-17-12-18(31-32(27,28)21(22,23)24)10-11-25(17)19(26)30-20(7,8)9/h12,14-17H,10-11,13H2,1-9H3/t17-/m0/s1. The van der Waals surface area contributed by atoms with Crippen LogP contribution >= 0.6 is 0 Å². The second-order valence-electron chi connectivity index (χ2n) is 10.2. The summed E-state index contributed by atoms with van der Waals surface area (Å²) >= 11 is 0. The maximum absolute atomic E-state index is 12.8. The number of amides is 1. The van der Waals surface area contributed by atoms with E-state index in [1.54, 1.807) is 20.8 Å². The minimum Gasteiger partial charge on any atom is -0.444 e. The Bertz CT molecular complexity index is 797. The van der Waals surface area contributed by atoms with Crippen molar-refractivity contribution in [3.05, 3.63) is 11.8 Å². The number of rotatable bonds is 8. The van der Waals surface area contributed by atoms with Gasteiger partial charge in [-0.05, 0) is 43.5 Å². The summed E-state index contributed by atoms with van der Waals surface area (Å²) in [6.07, 6.45) is 0.360. The van der Waals surface area contributed by atoms with E-state index in [1.165, 1.54) is 11.0 Å². The van der Waals surface area contributed by atoms with Crippen molar-refractivity contribution in [1.82, 2.24) is 4.90 Å². The molecule has 0 saturated carbocycles. The molecule has 1 heterocycles. The Morgan fingerprint density at radius 2 is 1.58 bits per heavy atom. The van der Waals surface area contributed by atoms with Crippen molar-refractivity contribution in [2.45, 2.75) is 103 Å². The molecule has 0 aromatic carbocycles. The third kappa shape index (κ3) is 7.35. The predicted molar refractivity (Wildman–Crippen MR) is 122 cm³/mol. The SMILES string of the molecule is CC(C)[Si](OC[C@@H]1C=C(OS(=O)(=O)C(F)(F)F)CCN1C(=O)OC(C)(C)C)(C(C)C)C(C)C. The number of hydrogen-bond acceptors (Lipinski definition) is 6. The van der Waals surface area contributed by atoms with E-state index >= 15 is 0 Å². The molecule has 1 aliphatic rings. The van der Waals surface area contributed by atoms with Gasteiger partial charge >= 0.3 is 21.7 Å². The Kier molecular flexibility index (Phi) is 9.52. The van der Waals surface area contributed by atoms with Gasteiger partial charge in [-0.3, -0.25) is 4.90 Å². The summed E-state index contributed by atoms with van der Waals surface area (Å²) in [5.41, 5.74) is -5.62. The maximum atomic E-state index is 12.8. The lowest BCUT2D eigenvalue weighted by atomic mass is 10.1. The topological polar surface area (TPSA) is 82.1 Å². The van der Waals surface area contributed by atoms with Gasteiger partial charge in [-0.15, -0.1) is 0 Å². The number of carbonyl (C=O) groups is 1. The monoisotopic (exact) mass is 517 g/mol. The number of alkyl halides is 3. The normalized spacial score (nSPS) is 18.7. The molecule has 0 bridgehead atoms. The molecule has 0 aromatic rings. The van der Waals surface area contributed by atoms with E-state index in [0.717, 1.165) is 0 Å². The molecule has 0 saturated heterocycles. The van der Waals surface area contributed by atoms with Crippen molar-refractivity contribution in [3.63, 3.8) is 0 Å². The molecule has 0 N–H and O–H groups in total. The zero-order valence-corrected chi connectivity index (χ0v) is 22.8. The van der Waals surface area contributed by atoms with Gasteiger partial charge in [0.05, 0.1) is 12.6 Å². The van der Waals surface area contributed by atoms with Crippen LogP contribution in [-0.2, 0) is 23.5 Å². The Balaban J connectivity index is 3.31. The Hall–Kier alpha value is -1.27. The quantitative estimate of drug-likeness (QED) is 0.225. The fourth-order valence-electron chi connectivity index (χ4n) is 4.46. The second-order valence-corrected chi connectivity index (χ2v) is 17.2. The van der Waals surface area contributed by atoms with Crippen LogP contribution in [0.5, 0.6) is 0 Å². The summed E-state index contributed by atoms with van der Waals surface area (Å²) in [5, 5.41) is 0. The minimum atomic E-state index is -5.81. The first kappa shape index (κ1) is 29.8. The van der Waals surface area contributed by atoms with Gasteiger partial charge in [-0.2, -0.15) is 21.6 Å². The number of carbonyl (C=O) groups excluding carboxylic acids is 1. The molecule has 33 heavy (non-hydrogen) atoms. The summed E-state index contributed by atoms with van der Waals surface area (Å²) in [6.45, 7) is 17.5. The molecule has 7 nitrogen and oxygen atoms in total. The minimum absolute atomic E-state index is 0.00106. The van der Waals surface area contributed by atoms with E-state index in [1.807, 2.05) is 0 Å². The highest BCUT2D eigenvalue weighted by atomic mass is 32.2. The molecule has 1 rings (SSSR count). The molecular formula is C21H38F3NO6SSi. The molecule has 0 aromatic heterocycles. The summed E-state index contributed by atoms with van der Waals surface area (Å²) in [4.78, 5) is 14.1. The van der Waals surface area contributed by atoms with Gasteiger partial charge in [0.1, 0.15) is 11.4 Å². The van der Waals surface area contributed by atoms with Crippen molar-refractivity contribution in [2.75, 3.05) is 13.2 Å². The first-order valence-electron chi connectivity index (χ1n) is 11.1. The molecule has 1 atom stereocenters. The first-order valence-corrected chi connectivity index (χ1v) is 14.6. The van der Waals surface area contributed by atoms with Crippen LogP contribution in [-0.4, -0.2) is 58.0 Å². The number of nitrogens with zero attached hydrogens (tertiary/aromatic N) is 1. The molecular weight excluding hydrogens is 479 g/mol. The lowest BCUT2D eigenvalue weighted by molar-refractivity contribution is -0.0527. The first-order chi connectivity index (χ1) is 14.7. The van der Waals surface area contributed by atoms with Gasteiger partial charge in [0, 0.05) is 13.0 Å². The summed E-state index contributed by atoms with van der Waals surface area (Å²) in [7, 11) is -8.17. The Morgan fingerprint density at radius 3 is 1.97 bits per heavy atom.